The van der Waals surface area contributed by atoms with E-state index in [0.717, 1.165) is 23.7 Å². The molecular formula is C26H27BrClN3O4. The van der Waals surface area contributed by atoms with Crippen molar-refractivity contribution < 1.29 is 9.59 Å². The first-order valence-electron chi connectivity index (χ1n) is 11.8. The van der Waals surface area contributed by atoms with Crippen molar-refractivity contribution in [2.45, 2.75) is 52.6 Å². The first-order chi connectivity index (χ1) is 16.7. The minimum absolute atomic E-state index is 0.0824. The molecule has 1 fully saturated rings. The van der Waals surface area contributed by atoms with E-state index >= 15 is 0 Å². The number of aryl methyl sites for hydroxylation is 1. The average molecular weight is 561 g/mol. The Morgan fingerprint density at radius 3 is 2.49 bits per heavy atom. The van der Waals surface area contributed by atoms with Crippen molar-refractivity contribution in [3.8, 4) is 0 Å². The summed E-state index contributed by atoms with van der Waals surface area (Å²) in [7, 11) is 0. The highest BCUT2D eigenvalue weighted by atomic mass is 79.9. The molecule has 1 aromatic heterocycles. The molecule has 1 N–H and O–H groups in total. The minimum atomic E-state index is -0.391. The van der Waals surface area contributed by atoms with Gasteiger partial charge in [-0.3, -0.25) is 23.5 Å². The number of benzene rings is 2. The van der Waals surface area contributed by atoms with Gasteiger partial charge in [-0.2, -0.15) is 0 Å². The topological polar surface area (TPSA) is 90.2 Å². The highest BCUT2D eigenvalue weighted by Gasteiger charge is 2.34. The lowest BCUT2D eigenvalue weighted by Crippen LogP contribution is -2.39. The number of anilines is 1. The molecule has 2 aromatic carbocycles. The number of hydrogen-bond donors (Lipinski definition) is 1. The van der Waals surface area contributed by atoms with E-state index in [1.54, 1.807) is 47.9 Å². The molecule has 4 rings (SSSR count). The van der Waals surface area contributed by atoms with Crippen molar-refractivity contribution in [3.63, 3.8) is 0 Å². The molecule has 0 saturated heterocycles. The Labute approximate surface area is 216 Å². The van der Waals surface area contributed by atoms with Gasteiger partial charge in [0.2, 0.25) is 5.91 Å². The number of fused-ring (bicyclic) bond motifs is 1. The number of hydrogen-bond acceptors (Lipinski definition) is 4. The fourth-order valence-electron chi connectivity index (χ4n) is 4.97. The summed E-state index contributed by atoms with van der Waals surface area (Å²) in [5, 5.41) is 3.79. The van der Waals surface area contributed by atoms with E-state index in [1.165, 1.54) is 4.57 Å². The zero-order valence-electron chi connectivity index (χ0n) is 19.6. The fraction of sp³-hybridized carbons (Fsp3) is 0.385. The Bertz CT molecular complexity index is 1430. The van der Waals surface area contributed by atoms with Crippen molar-refractivity contribution in [2.24, 2.45) is 11.8 Å². The third kappa shape index (κ3) is 5.00. The summed E-state index contributed by atoms with van der Waals surface area (Å²) < 4.78 is 3.48. The van der Waals surface area contributed by atoms with Gasteiger partial charge in [0, 0.05) is 41.2 Å². The molecule has 1 amide bonds. The summed E-state index contributed by atoms with van der Waals surface area (Å²) in [5.41, 5.74) is 0.819. The van der Waals surface area contributed by atoms with Gasteiger partial charge in [0.25, 0.3) is 5.56 Å². The van der Waals surface area contributed by atoms with Crippen LogP contribution in [0.25, 0.3) is 10.9 Å². The number of aromatic nitrogens is 2. The Balaban J connectivity index is 1.56. The van der Waals surface area contributed by atoms with Crippen molar-refractivity contribution in [1.29, 1.82) is 0 Å². The maximum Gasteiger partial charge on any atom is 0.331 e. The standard InChI is InChI=1S/C26H27BrClN3O4/c1-3-30-22-11-8-16(12-19(22)25(34)31(4-2)26(30)35)23(32)13-15-6-5-7-18(15)24(33)29-17-9-10-20(27)21(28)14-17/h8-12,14-15,18H,3-7,13H2,1-2H3,(H,29,33)/t15-,18-/m1/s1. The van der Waals surface area contributed by atoms with Crippen molar-refractivity contribution >= 4 is 55.8 Å². The molecule has 1 heterocycles. The smallest absolute Gasteiger partial charge is 0.326 e. The first-order valence-corrected chi connectivity index (χ1v) is 13.0. The normalized spacial score (nSPS) is 17.6. The van der Waals surface area contributed by atoms with Crippen LogP contribution in [0.5, 0.6) is 0 Å². The third-order valence-electron chi connectivity index (χ3n) is 6.81. The van der Waals surface area contributed by atoms with Crippen LogP contribution in [0.2, 0.25) is 5.02 Å². The highest BCUT2D eigenvalue weighted by molar-refractivity contribution is 9.10. The molecule has 2 atom stereocenters. The van der Waals surface area contributed by atoms with Gasteiger partial charge in [-0.1, -0.05) is 18.0 Å². The molecule has 1 aliphatic carbocycles. The Morgan fingerprint density at radius 2 is 1.80 bits per heavy atom. The van der Waals surface area contributed by atoms with Gasteiger partial charge in [0.1, 0.15) is 0 Å². The van der Waals surface area contributed by atoms with Gasteiger partial charge in [-0.25, -0.2) is 4.79 Å². The Hall–Kier alpha value is -2.71. The molecule has 0 spiro atoms. The molecule has 0 bridgehead atoms. The summed E-state index contributed by atoms with van der Waals surface area (Å²) in [6.45, 7) is 4.27. The average Bonchev–Trinajstić information content (AvgIpc) is 3.30. The fourth-order valence-corrected chi connectivity index (χ4v) is 5.40. The van der Waals surface area contributed by atoms with E-state index in [0.29, 0.717) is 33.7 Å². The molecule has 9 heteroatoms. The first kappa shape index (κ1) is 25.4. The number of amides is 1. The maximum atomic E-state index is 13.2. The lowest BCUT2D eigenvalue weighted by atomic mass is 9.88. The molecule has 3 aromatic rings. The van der Waals surface area contributed by atoms with E-state index in [2.05, 4.69) is 21.2 Å². The quantitative estimate of drug-likeness (QED) is 0.400. The minimum Gasteiger partial charge on any atom is -0.326 e. The van der Waals surface area contributed by atoms with Crippen LogP contribution in [0, 0.1) is 11.8 Å². The van der Waals surface area contributed by atoms with Crippen LogP contribution in [-0.4, -0.2) is 20.8 Å². The predicted octanol–water partition coefficient (Wildman–Crippen LogP) is 5.25. The van der Waals surface area contributed by atoms with Gasteiger partial charge >= 0.3 is 5.69 Å². The summed E-state index contributed by atoms with van der Waals surface area (Å²) >= 11 is 9.48. The highest BCUT2D eigenvalue weighted by Crippen LogP contribution is 2.36. The second kappa shape index (κ2) is 10.5. The van der Waals surface area contributed by atoms with E-state index < -0.39 is 5.56 Å². The summed E-state index contributed by atoms with van der Waals surface area (Å²) in [4.78, 5) is 51.7. The number of rotatable bonds is 7. The van der Waals surface area contributed by atoms with Gasteiger partial charge in [0.05, 0.1) is 15.9 Å². The van der Waals surface area contributed by atoms with Gasteiger partial charge in [-0.15, -0.1) is 0 Å². The third-order valence-corrected chi connectivity index (χ3v) is 8.04. The second-order valence-corrected chi connectivity index (χ2v) is 10.1. The zero-order valence-corrected chi connectivity index (χ0v) is 22.0. The van der Waals surface area contributed by atoms with Crippen LogP contribution in [0.4, 0.5) is 5.69 Å². The molecule has 1 saturated carbocycles. The second-order valence-electron chi connectivity index (χ2n) is 8.85. The van der Waals surface area contributed by atoms with E-state index in [4.69, 9.17) is 11.6 Å². The number of halogens is 2. The number of nitrogens with one attached hydrogen (secondary N) is 1. The SMILES string of the molecule is CCn1c(=O)c2cc(C(=O)C[C@H]3CCC[C@H]3C(=O)Nc3ccc(Br)c(Cl)c3)ccc2n(CC)c1=O. The molecule has 0 aliphatic heterocycles. The van der Waals surface area contributed by atoms with Crippen LogP contribution in [0.15, 0.2) is 50.5 Å². The van der Waals surface area contributed by atoms with Crippen LogP contribution < -0.4 is 16.6 Å². The molecule has 0 unspecified atom stereocenters. The number of carbonyl (C=O) groups excluding carboxylic acids is 2. The van der Waals surface area contributed by atoms with E-state index in [1.807, 2.05) is 6.92 Å². The van der Waals surface area contributed by atoms with Gasteiger partial charge in [0.15, 0.2) is 5.78 Å². The monoisotopic (exact) mass is 559 g/mol. The molecule has 0 radical (unpaired) electrons. The van der Waals surface area contributed by atoms with Crippen molar-refractivity contribution in [2.75, 3.05) is 5.32 Å². The Kier molecular flexibility index (Phi) is 7.62. The number of ketones is 1. The molecule has 1 aliphatic rings. The Morgan fingerprint density at radius 1 is 1.06 bits per heavy atom. The van der Waals surface area contributed by atoms with Crippen LogP contribution in [-0.2, 0) is 17.9 Å². The molecule has 184 valence electrons. The molecule has 7 nitrogen and oxygen atoms in total. The lowest BCUT2D eigenvalue weighted by molar-refractivity contribution is -0.120. The van der Waals surface area contributed by atoms with Crippen LogP contribution in [0.3, 0.4) is 0 Å². The summed E-state index contributed by atoms with van der Waals surface area (Å²) in [5.74, 6) is -0.583. The van der Waals surface area contributed by atoms with Gasteiger partial charge < -0.3 is 5.32 Å². The van der Waals surface area contributed by atoms with Crippen molar-refractivity contribution in [1.82, 2.24) is 9.13 Å². The predicted molar refractivity (Wildman–Crippen MR) is 141 cm³/mol. The molecular weight excluding hydrogens is 534 g/mol. The largest absolute Gasteiger partial charge is 0.331 e. The summed E-state index contributed by atoms with van der Waals surface area (Å²) in [6, 6.07) is 10.2. The van der Waals surface area contributed by atoms with Crippen LogP contribution in [0.1, 0.15) is 49.9 Å². The van der Waals surface area contributed by atoms with E-state index in [-0.39, 0.29) is 42.2 Å². The summed E-state index contributed by atoms with van der Waals surface area (Å²) in [6.07, 6.45) is 2.60. The van der Waals surface area contributed by atoms with Crippen molar-refractivity contribution in [3.05, 3.63) is 72.3 Å². The lowest BCUT2D eigenvalue weighted by Gasteiger charge is -2.19. The van der Waals surface area contributed by atoms with Gasteiger partial charge in [-0.05, 0) is 84.9 Å². The van der Waals surface area contributed by atoms with E-state index in [9.17, 15) is 19.2 Å². The molecule has 35 heavy (non-hydrogen) atoms. The number of Topliss-reactive ketones (excluding diaryl/α,β-unsaturated/α-hetero) is 1. The maximum absolute atomic E-state index is 13.2. The zero-order chi connectivity index (χ0) is 25.3. The number of nitrogens with zero attached hydrogens (tertiary/aromatic N) is 2. The van der Waals surface area contributed by atoms with Crippen LogP contribution >= 0.6 is 27.5 Å². The number of carbonyl (C=O) groups is 2.